The second kappa shape index (κ2) is 1.81. The van der Waals surface area contributed by atoms with Gasteiger partial charge in [-0.3, -0.25) is 4.79 Å². The monoisotopic (exact) mass is 160 g/mol. The van der Waals surface area contributed by atoms with Gasteiger partial charge in [0.2, 0.25) is 0 Å². The third-order valence-electron chi connectivity index (χ3n) is 2.79. The molecule has 2 aliphatic rings. The molecule has 11 heavy (non-hydrogen) atoms. The standard InChI is InChI=1S/C7H9FO3/c8-7(2-9)5-3(10)1-4(11)6(5)7/h2-6,10-11H,1H2/t3-,4+,5+,6-,7?. The Morgan fingerprint density at radius 3 is 2.09 bits per heavy atom. The molecule has 0 aromatic heterocycles. The molecule has 62 valence electrons. The van der Waals surface area contributed by atoms with Crippen LogP contribution in [-0.2, 0) is 4.79 Å². The van der Waals surface area contributed by atoms with Crippen LogP contribution >= 0.6 is 0 Å². The summed E-state index contributed by atoms with van der Waals surface area (Å²) in [6.45, 7) is 0. The molecule has 2 saturated carbocycles. The van der Waals surface area contributed by atoms with Crippen LogP contribution in [0.25, 0.3) is 0 Å². The lowest BCUT2D eigenvalue weighted by Crippen LogP contribution is -2.25. The molecule has 0 saturated heterocycles. The quantitative estimate of drug-likeness (QED) is 0.497. The van der Waals surface area contributed by atoms with Gasteiger partial charge in [-0.1, -0.05) is 0 Å². The Labute approximate surface area is 62.8 Å². The van der Waals surface area contributed by atoms with Crippen LogP contribution in [-0.4, -0.2) is 34.4 Å². The lowest BCUT2D eigenvalue weighted by atomic mass is 10.1. The average molecular weight is 160 g/mol. The predicted molar refractivity (Wildman–Crippen MR) is 33.5 cm³/mol. The number of rotatable bonds is 1. The molecule has 0 aromatic rings. The third kappa shape index (κ3) is 0.662. The van der Waals surface area contributed by atoms with Gasteiger partial charge < -0.3 is 10.2 Å². The zero-order valence-corrected chi connectivity index (χ0v) is 5.77. The molecular weight excluding hydrogens is 151 g/mol. The van der Waals surface area contributed by atoms with Gasteiger partial charge in [-0.25, -0.2) is 4.39 Å². The molecule has 1 unspecified atom stereocenters. The van der Waals surface area contributed by atoms with Crippen LogP contribution in [0.3, 0.4) is 0 Å². The molecule has 2 N–H and O–H groups in total. The van der Waals surface area contributed by atoms with E-state index in [1.165, 1.54) is 0 Å². The van der Waals surface area contributed by atoms with Crippen LogP contribution in [0.5, 0.6) is 0 Å². The molecule has 0 aliphatic heterocycles. The van der Waals surface area contributed by atoms with Crippen LogP contribution < -0.4 is 0 Å². The van der Waals surface area contributed by atoms with E-state index in [9.17, 15) is 9.18 Å². The fourth-order valence-electron chi connectivity index (χ4n) is 2.20. The Kier molecular flexibility index (Phi) is 1.18. The van der Waals surface area contributed by atoms with E-state index in [2.05, 4.69) is 0 Å². The lowest BCUT2D eigenvalue weighted by Gasteiger charge is -2.11. The summed E-state index contributed by atoms with van der Waals surface area (Å²) >= 11 is 0. The average Bonchev–Trinajstić information content (AvgIpc) is 2.45. The van der Waals surface area contributed by atoms with Gasteiger partial charge in [0, 0.05) is 18.3 Å². The highest BCUT2D eigenvalue weighted by Gasteiger charge is 2.75. The first-order chi connectivity index (χ1) is 5.11. The van der Waals surface area contributed by atoms with Crippen molar-refractivity contribution < 1.29 is 19.4 Å². The van der Waals surface area contributed by atoms with E-state index in [0.29, 0.717) is 0 Å². The first kappa shape index (κ1) is 7.18. The van der Waals surface area contributed by atoms with Crippen molar-refractivity contribution in [3.8, 4) is 0 Å². The first-order valence-electron chi connectivity index (χ1n) is 3.62. The molecule has 0 aromatic carbocycles. The molecule has 2 aliphatic carbocycles. The van der Waals surface area contributed by atoms with Gasteiger partial charge in [0.05, 0.1) is 12.2 Å². The minimum Gasteiger partial charge on any atom is -0.393 e. The maximum atomic E-state index is 13.2. The molecule has 4 heteroatoms. The van der Waals surface area contributed by atoms with Crippen LogP contribution in [0, 0.1) is 11.8 Å². The van der Waals surface area contributed by atoms with Crippen molar-refractivity contribution in [2.75, 3.05) is 0 Å². The second-order valence-electron chi connectivity index (χ2n) is 3.37. The van der Waals surface area contributed by atoms with Gasteiger partial charge in [0.1, 0.15) is 0 Å². The smallest absolute Gasteiger partial charge is 0.177 e. The van der Waals surface area contributed by atoms with Gasteiger partial charge in [0.25, 0.3) is 0 Å². The number of halogens is 1. The number of aliphatic hydroxyl groups excluding tert-OH is 2. The van der Waals surface area contributed by atoms with E-state index < -0.39 is 29.7 Å². The largest absolute Gasteiger partial charge is 0.393 e. The van der Waals surface area contributed by atoms with E-state index in [1.807, 2.05) is 0 Å². The summed E-state index contributed by atoms with van der Waals surface area (Å²) in [7, 11) is 0. The number of fused-ring (bicyclic) bond motifs is 1. The number of alkyl halides is 1. The van der Waals surface area contributed by atoms with E-state index in [-0.39, 0.29) is 12.7 Å². The molecule has 0 radical (unpaired) electrons. The van der Waals surface area contributed by atoms with Crippen molar-refractivity contribution in [3.63, 3.8) is 0 Å². The summed E-state index contributed by atoms with van der Waals surface area (Å²) in [5.41, 5.74) is -1.93. The topological polar surface area (TPSA) is 57.5 Å². The minimum atomic E-state index is -1.93. The van der Waals surface area contributed by atoms with E-state index in [1.54, 1.807) is 0 Å². The SMILES string of the molecule is O=CC1(F)[C@@H]2[C@H]1[C@@H](O)C[C@H]2O. The summed E-state index contributed by atoms with van der Waals surface area (Å²) in [6, 6.07) is 0. The molecule has 0 spiro atoms. The third-order valence-corrected chi connectivity index (χ3v) is 2.79. The highest BCUT2D eigenvalue weighted by Crippen LogP contribution is 2.61. The molecule has 0 bridgehead atoms. The molecule has 2 rings (SSSR count). The van der Waals surface area contributed by atoms with Crippen LogP contribution in [0.2, 0.25) is 0 Å². The minimum absolute atomic E-state index is 0.202. The fourth-order valence-corrected chi connectivity index (χ4v) is 2.20. The normalized spacial score (nSPS) is 60.6. The molecule has 3 nitrogen and oxygen atoms in total. The zero-order chi connectivity index (χ0) is 8.22. The van der Waals surface area contributed by atoms with Crippen LogP contribution in [0.4, 0.5) is 4.39 Å². The predicted octanol–water partition coefficient (Wildman–Crippen LogP) is -0.735. The summed E-state index contributed by atoms with van der Waals surface area (Å²) in [5.74, 6) is -1.29. The summed E-state index contributed by atoms with van der Waals surface area (Å²) in [5, 5.41) is 18.2. The van der Waals surface area contributed by atoms with Gasteiger partial charge in [-0.15, -0.1) is 0 Å². The molecule has 0 amide bonds. The molecule has 2 fully saturated rings. The first-order valence-corrected chi connectivity index (χ1v) is 3.62. The van der Waals surface area contributed by atoms with E-state index in [0.717, 1.165) is 0 Å². The van der Waals surface area contributed by atoms with Gasteiger partial charge in [0.15, 0.2) is 12.0 Å². The zero-order valence-electron chi connectivity index (χ0n) is 5.77. The maximum Gasteiger partial charge on any atom is 0.177 e. The van der Waals surface area contributed by atoms with Crippen molar-refractivity contribution in [2.24, 2.45) is 11.8 Å². The summed E-state index contributed by atoms with van der Waals surface area (Å²) < 4.78 is 13.2. The van der Waals surface area contributed by atoms with E-state index >= 15 is 0 Å². The number of aliphatic hydroxyl groups is 2. The Balaban J connectivity index is 2.21. The van der Waals surface area contributed by atoms with Gasteiger partial charge >= 0.3 is 0 Å². The second-order valence-corrected chi connectivity index (χ2v) is 3.37. The summed E-state index contributed by atoms with van der Waals surface area (Å²) in [4.78, 5) is 10.2. The fraction of sp³-hybridized carbons (Fsp3) is 0.857. The van der Waals surface area contributed by atoms with Crippen molar-refractivity contribution in [1.82, 2.24) is 0 Å². The number of aldehydes is 1. The van der Waals surface area contributed by atoms with Crippen molar-refractivity contribution >= 4 is 6.29 Å². The number of carbonyl (C=O) groups excluding carboxylic acids is 1. The van der Waals surface area contributed by atoms with Crippen molar-refractivity contribution in [3.05, 3.63) is 0 Å². The van der Waals surface area contributed by atoms with Crippen LogP contribution in [0.15, 0.2) is 0 Å². The highest BCUT2D eigenvalue weighted by atomic mass is 19.1. The highest BCUT2D eigenvalue weighted by molar-refractivity contribution is 5.71. The Hall–Kier alpha value is -0.480. The Morgan fingerprint density at radius 2 is 1.82 bits per heavy atom. The van der Waals surface area contributed by atoms with Gasteiger partial charge in [-0.2, -0.15) is 0 Å². The number of hydrogen-bond donors (Lipinski definition) is 2. The Bertz CT molecular complexity index is 192. The lowest BCUT2D eigenvalue weighted by molar-refractivity contribution is -0.116. The van der Waals surface area contributed by atoms with E-state index in [4.69, 9.17) is 10.2 Å². The summed E-state index contributed by atoms with van der Waals surface area (Å²) in [6.07, 6.45) is -1.28. The van der Waals surface area contributed by atoms with Crippen LogP contribution in [0.1, 0.15) is 6.42 Å². The maximum absolute atomic E-state index is 13.2. The molecule has 5 atom stereocenters. The molecule has 0 heterocycles. The molecular formula is C7H9FO3. The van der Waals surface area contributed by atoms with Gasteiger partial charge in [-0.05, 0) is 0 Å². The number of hydrogen-bond acceptors (Lipinski definition) is 3. The Morgan fingerprint density at radius 1 is 1.36 bits per heavy atom. The van der Waals surface area contributed by atoms with Crippen molar-refractivity contribution in [2.45, 2.75) is 24.3 Å². The van der Waals surface area contributed by atoms with Crippen molar-refractivity contribution in [1.29, 1.82) is 0 Å². The number of carbonyl (C=O) groups is 1.